The van der Waals surface area contributed by atoms with Gasteiger partial charge in [0.15, 0.2) is 0 Å². The van der Waals surface area contributed by atoms with E-state index >= 15 is 0 Å². The van der Waals surface area contributed by atoms with Crippen LogP contribution in [0, 0.1) is 0 Å². The van der Waals surface area contributed by atoms with Gasteiger partial charge in [-0.25, -0.2) is 0 Å². The maximum absolute atomic E-state index is 10.1. The van der Waals surface area contributed by atoms with E-state index in [1.54, 1.807) is 18.5 Å². The molecule has 2 N–H and O–H groups in total. The third-order valence-electron chi connectivity index (χ3n) is 4.39. The molecule has 1 heterocycles. The summed E-state index contributed by atoms with van der Waals surface area (Å²) in [5.74, 6) is 0.247. The van der Waals surface area contributed by atoms with Crippen LogP contribution in [0.5, 0.6) is 5.75 Å². The van der Waals surface area contributed by atoms with Gasteiger partial charge in [0.25, 0.3) is 0 Å². The Bertz CT molecular complexity index is 977. The fourth-order valence-electron chi connectivity index (χ4n) is 2.82. The average Bonchev–Trinajstić information content (AvgIpc) is 2.61. The fraction of sp³-hybridized carbons (Fsp3) is 0.273. The highest BCUT2D eigenvalue weighted by Crippen LogP contribution is 2.27. The van der Waals surface area contributed by atoms with Gasteiger partial charge in [0.05, 0.1) is 12.1 Å². The number of anilines is 1. The number of benzene rings is 2. The van der Waals surface area contributed by atoms with E-state index in [0.717, 1.165) is 22.2 Å². The maximum Gasteiger partial charge on any atom is 0.124 e. The first-order valence-corrected chi connectivity index (χ1v) is 9.34. The molecule has 0 radical (unpaired) electrons. The van der Waals surface area contributed by atoms with Crippen molar-refractivity contribution in [1.29, 1.82) is 0 Å². The number of pyridine rings is 1. The molecular weight excluding hydrogens is 358 g/mol. The van der Waals surface area contributed by atoms with E-state index in [0.29, 0.717) is 18.1 Å². The Morgan fingerprint density at radius 2 is 1.96 bits per heavy atom. The highest BCUT2D eigenvalue weighted by Gasteiger charge is 2.14. The van der Waals surface area contributed by atoms with Crippen LogP contribution in [0.25, 0.3) is 10.9 Å². The molecule has 0 unspecified atom stereocenters. The van der Waals surface area contributed by atoms with E-state index in [1.165, 1.54) is 5.56 Å². The van der Waals surface area contributed by atoms with Crippen molar-refractivity contribution < 1.29 is 5.11 Å². The van der Waals surface area contributed by atoms with Crippen LogP contribution < -0.4 is 5.32 Å². The minimum Gasteiger partial charge on any atom is -0.507 e. The Morgan fingerprint density at radius 3 is 2.74 bits per heavy atom. The quantitative estimate of drug-likeness (QED) is 0.458. The molecule has 0 saturated carbocycles. The van der Waals surface area contributed by atoms with Crippen LogP contribution in [0.4, 0.5) is 5.69 Å². The largest absolute Gasteiger partial charge is 0.507 e. The van der Waals surface area contributed by atoms with Gasteiger partial charge in [-0.05, 0) is 47.4 Å². The Labute approximate surface area is 164 Å². The number of hydrogen-bond donors (Lipinski definition) is 2. The van der Waals surface area contributed by atoms with Crippen molar-refractivity contribution in [2.75, 3.05) is 18.4 Å². The summed E-state index contributed by atoms with van der Waals surface area (Å²) in [6.45, 7) is 7.72. The number of phenolic OH excluding ortho intramolecular Hbond substituents is 1. The number of hydrogen-bond acceptors (Lipinski definition) is 4. The van der Waals surface area contributed by atoms with Crippen molar-refractivity contribution in [2.45, 2.75) is 26.2 Å². The second-order valence-corrected chi connectivity index (χ2v) is 7.94. The van der Waals surface area contributed by atoms with Crippen LogP contribution >= 0.6 is 11.6 Å². The summed E-state index contributed by atoms with van der Waals surface area (Å²) >= 11 is 6.03. The lowest BCUT2D eigenvalue weighted by atomic mass is 9.86. The number of aromatic hydroxyl groups is 1. The minimum absolute atomic E-state index is 0.0309. The van der Waals surface area contributed by atoms with Crippen molar-refractivity contribution in [1.82, 2.24) is 4.98 Å². The van der Waals surface area contributed by atoms with Crippen molar-refractivity contribution in [2.24, 2.45) is 4.99 Å². The third kappa shape index (κ3) is 4.77. The lowest BCUT2D eigenvalue weighted by molar-refractivity contribution is 0.473. The topological polar surface area (TPSA) is 57.5 Å². The van der Waals surface area contributed by atoms with Gasteiger partial charge < -0.3 is 10.4 Å². The predicted molar refractivity (Wildman–Crippen MR) is 115 cm³/mol. The molecule has 0 bridgehead atoms. The number of aliphatic imine (C=N–C) groups is 1. The highest BCUT2D eigenvalue weighted by molar-refractivity contribution is 6.31. The normalized spacial score (nSPS) is 12.0. The number of halogens is 1. The zero-order chi connectivity index (χ0) is 19.4. The molecule has 0 fully saturated rings. The first kappa shape index (κ1) is 19.2. The molecular formula is C22H24ClN3O. The molecule has 5 heteroatoms. The maximum atomic E-state index is 10.1. The summed E-state index contributed by atoms with van der Waals surface area (Å²) < 4.78 is 0. The Balaban J connectivity index is 1.64. The summed E-state index contributed by atoms with van der Waals surface area (Å²) in [4.78, 5) is 8.79. The molecule has 1 aromatic heterocycles. The zero-order valence-electron chi connectivity index (χ0n) is 15.8. The van der Waals surface area contributed by atoms with Crippen molar-refractivity contribution in [3.63, 3.8) is 0 Å². The van der Waals surface area contributed by atoms with E-state index < -0.39 is 0 Å². The zero-order valence-corrected chi connectivity index (χ0v) is 16.6. The van der Waals surface area contributed by atoms with Crippen molar-refractivity contribution >= 4 is 34.4 Å². The first-order valence-electron chi connectivity index (χ1n) is 8.96. The second-order valence-electron chi connectivity index (χ2n) is 7.51. The minimum atomic E-state index is 0.0309. The summed E-state index contributed by atoms with van der Waals surface area (Å²) in [7, 11) is 0. The van der Waals surface area contributed by atoms with Crippen LogP contribution in [0.2, 0.25) is 5.02 Å². The molecule has 0 spiro atoms. The molecule has 3 aromatic rings. The molecule has 2 aromatic carbocycles. The molecule has 0 amide bonds. The molecule has 4 nitrogen and oxygen atoms in total. The Morgan fingerprint density at radius 1 is 1.15 bits per heavy atom. The van der Waals surface area contributed by atoms with E-state index in [2.05, 4.69) is 36.1 Å². The molecule has 0 aliphatic carbocycles. The molecule has 0 atom stereocenters. The standard InChI is InChI=1S/C22H24ClN3O/c1-22(2,3)16-4-7-21(27)15(12-16)14-24-10-11-26-19-8-9-25-20-13-17(23)5-6-18(19)20/h4-9,12-14,27H,10-11H2,1-3H3,(H,25,26). The fourth-order valence-corrected chi connectivity index (χ4v) is 2.98. The molecule has 140 valence electrons. The van der Waals surface area contributed by atoms with Crippen LogP contribution in [0.15, 0.2) is 53.7 Å². The van der Waals surface area contributed by atoms with Crippen LogP contribution in [-0.2, 0) is 5.41 Å². The van der Waals surface area contributed by atoms with Crippen LogP contribution in [-0.4, -0.2) is 29.4 Å². The Kier molecular flexibility index (Phi) is 5.66. The monoisotopic (exact) mass is 381 g/mol. The number of nitrogens with zero attached hydrogens (tertiary/aromatic N) is 2. The van der Waals surface area contributed by atoms with Crippen molar-refractivity contribution in [3.8, 4) is 5.75 Å². The van der Waals surface area contributed by atoms with Gasteiger partial charge in [0.2, 0.25) is 0 Å². The molecule has 0 aliphatic heterocycles. The lowest BCUT2D eigenvalue weighted by Gasteiger charge is -2.19. The highest BCUT2D eigenvalue weighted by atomic mass is 35.5. The molecule has 27 heavy (non-hydrogen) atoms. The Hall–Kier alpha value is -2.59. The van der Waals surface area contributed by atoms with E-state index in [9.17, 15) is 5.11 Å². The van der Waals surface area contributed by atoms with E-state index in [-0.39, 0.29) is 11.2 Å². The van der Waals surface area contributed by atoms with Crippen LogP contribution in [0.1, 0.15) is 31.9 Å². The van der Waals surface area contributed by atoms with Gasteiger partial charge in [-0.15, -0.1) is 0 Å². The predicted octanol–water partition coefficient (Wildman–Crippen LogP) is 5.42. The number of fused-ring (bicyclic) bond motifs is 1. The summed E-state index contributed by atoms with van der Waals surface area (Å²) in [6, 6.07) is 13.3. The average molecular weight is 382 g/mol. The second kappa shape index (κ2) is 7.97. The first-order chi connectivity index (χ1) is 12.8. The third-order valence-corrected chi connectivity index (χ3v) is 4.62. The van der Waals surface area contributed by atoms with Gasteiger partial charge in [0.1, 0.15) is 5.75 Å². The van der Waals surface area contributed by atoms with Gasteiger partial charge in [-0.2, -0.15) is 0 Å². The molecule has 3 rings (SSSR count). The van der Waals surface area contributed by atoms with Gasteiger partial charge in [-0.1, -0.05) is 38.4 Å². The number of aromatic nitrogens is 1. The van der Waals surface area contributed by atoms with Crippen LogP contribution in [0.3, 0.4) is 0 Å². The summed E-state index contributed by atoms with van der Waals surface area (Å²) in [6.07, 6.45) is 3.50. The SMILES string of the molecule is CC(C)(C)c1ccc(O)c(C=NCCNc2ccnc3cc(Cl)ccc23)c1. The van der Waals surface area contributed by atoms with Gasteiger partial charge in [-0.3, -0.25) is 9.98 Å². The van der Waals surface area contributed by atoms with Gasteiger partial charge >= 0.3 is 0 Å². The summed E-state index contributed by atoms with van der Waals surface area (Å²) in [5.41, 5.74) is 3.81. The number of phenols is 1. The smallest absolute Gasteiger partial charge is 0.124 e. The number of rotatable bonds is 5. The van der Waals surface area contributed by atoms with Gasteiger partial charge in [0, 0.05) is 40.6 Å². The van der Waals surface area contributed by atoms with E-state index in [1.807, 2.05) is 36.4 Å². The van der Waals surface area contributed by atoms with E-state index in [4.69, 9.17) is 11.6 Å². The molecule has 0 saturated heterocycles. The summed E-state index contributed by atoms with van der Waals surface area (Å²) in [5, 5.41) is 15.1. The lowest BCUT2D eigenvalue weighted by Crippen LogP contribution is -2.11. The van der Waals surface area contributed by atoms with Crippen molar-refractivity contribution in [3.05, 3.63) is 64.8 Å². The number of nitrogens with one attached hydrogen (secondary N) is 1. The molecule has 0 aliphatic rings.